The van der Waals surface area contributed by atoms with Crippen molar-refractivity contribution in [1.82, 2.24) is 9.88 Å². The lowest BCUT2D eigenvalue weighted by Gasteiger charge is -2.25. The molecule has 4 rings (SSSR count). The SMILES string of the molecule is Cc1cc(OC(C)C)ccc1C(O)=C1C(=O)C(=O)N(Cc2cccnc2)[C@H]1c1ccc(Cl)c(Cl)c1. The van der Waals surface area contributed by atoms with Crippen molar-refractivity contribution in [3.05, 3.63) is 98.8 Å². The molecule has 8 heteroatoms. The van der Waals surface area contributed by atoms with Gasteiger partial charge in [-0.15, -0.1) is 0 Å². The van der Waals surface area contributed by atoms with E-state index in [2.05, 4.69) is 4.98 Å². The standard InChI is InChI=1S/C27H24Cl2N2O4/c1-15(2)35-19-7-8-20(16(3)11-19)25(32)23-24(18-6-9-21(28)22(29)12-18)31(27(34)26(23)33)14-17-5-4-10-30-13-17/h4-13,15,24,32H,14H2,1-3H3/t24-/m0/s1. The minimum absolute atomic E-state index is 0.0127. The van der Waals surface area contributed by atoms with Crippen LogP contribution >= 0.6 is 23.2 Å². The smallest absolute Gasteiger partial charge is 0.295 e. The summed E-state index contributed by atoms with van der Waals surface area (Å²) in [6.07, 6.45) is 3.24. The van der Waals surface area contributed by atoms with E-state index in [0.29, 0.717) is 27.5 Å². The molecule has 1 aliphatic rings. The van der Waals surface area contributed by atoms with Gasteiger partial charge in [0.05, 0.1) is 27.8 Å². The average Bonchev–Trinajstić information content (AvgIpc) is 3.06. The van der Waals surface area contributed by atoms with Gasteiger partial charge in [0.15, 0.2) is 0 Å². The Morgan fingerprint density at radius 2 is 1.89 bits per heavy atom. The first-order valence-corrected chi connectivity index (χ1v) is 11.8. The Hall–Kier alpha value is -3.35. The third-order valence-corrected chi connectivity index (χ3v) is 6.44. The van der Waals surface area contributed by atoms with Crippen LogP contribution in [0.4, 0.5) is 0 Å². The van der Waals surface area contributed by atoms with Gasteiger partial charge in [0.25, 0.3) is 11.7 Å². The molecule has 0 saturated carbocycles. The molecule has 180 valence electrons. The van der Waals surface area contributed by atoms with E-state index in [1.165, 1.54) is 4.90 Å². The van der Waals surface area contributed by atoms with Gasteiger partial charge in [0.2, 0.25) is 0 Å². The number of aryl methyl sites for hydroxylation is 1. The Morgan fingerprint density at radius 3 is 2.51 bits per heavy atom. The largest absolute Gasteiger partial charge is 0.507 e. The molecule has 1 aromatic heterocycles. The number of halogens is 2. The number of benzene rings is 2. The van der Waals surface area contributed by atoms with Crippen molar-refractivity contribution in [2.45, 2.75) is 39.5 Å². The van der Waals surface area contributed by atoms with E-state index in [1.54, 1.807) is 54.9 Å². The zero-order chi connectivity index (χ0) is 25.3. The first-order chi connectivity index (χ1) is 16.7. The maximum Gasteiger partial charge on any atom is 0.295 e. The first-order valence-electron chi connectivity index (χ1n) is 11.1. The highest BCUT2D eigenvalue weighted by Gasteiger charge is 2.46. The molecule has 0 radical (unpaired) electrons. The monoisotopic (exact) mass is 510 g/mol. The zero-order valence-corrected chi connectivity index (χ0v) is 21.0. The molecular weight excluding hydrogens is 487 g/mol. The maximum atomic E-state index is 13.3. The van der Waals surface area contributed by atoms with Crippen molar-refractivity contribution in [3.63, 3.8) is 0 Å². The topological polar surface area (TPSA) is 79.7 Å². The predicted octanol–water partition coefficient (Wildman–Crippen LogP) is 6.11. The molecule has 6 nitrogen and oxygen atoms in total. The number of rotatable bonds is 6. The van der Waals surface area contributed by atoms with Crippen LogP contribution in [0.2, 0.25) is 10.0 Å². The van der Waals surface area contributed by atoms with E-state index in [1.807, 2.05) is 26.8 Å². The summed E-state index contributed by atoms with van der Waals surface area (Å²) in [5.74, 6) is -1.11. The van der Waals surface area contributed by atoms with Crippen LogP contribution in [0.5, 0.6) is 5.75 Å². The molecule has 1 amide bonds. The van der Waals surface area contributed by atoms with Crippen LogP contribution in [-0.2, 0) is 16.1 Å². The number of hydrogen-bond acceptors (Lipinski definition) is 5. The third-order valence-electron chi connectivity index (χ3n) is 5.70. The van der Waals surface area contributed by atoms with Gasteiger partial charge in [-0.05, 0) is 73.9 Å². The van der Waals surface area contributed by atoms with E-state index < -0.39 is 17.7 Å². The molecular formula is C27H24Cl2N2O4. The summed E-state index contributed by atoms with van der Waals surface area (Å²) < 4.78 is 5.73. The van der Waals surface area contributed by atoms with Crippen LogP contribution < -0.4 is 4.74 Å². The zero-order valence-electron chi connectivity index (χ0n) is 19.5. The number of carbonyl (C=O) groups excluding carboxylic acids is 2. The number of aliphatic hydroxyl groups excluding tert-OH is 1. The second-order valence-electron chi connectivity index (χ2n) is 8.61. The van der Waals surface area contributed by atoms with Crippen LogP contribution in [0.1, 0.15) is 42.1 Å². The van der Waals surface area contributed by atoms with E-state index in [4.69, 9.17) is 27.9 Å². The molecule has 0 bridgehead atoms. The van der Waals surface area contributed by atoms with Crippen LogP contribution in [0.25, 0.3) is 5.76 Å². The van der Waals surface area contributed by atoms with Crippen LogP contribution in [0, 0.1) is 6.92 Å². The summed E-state index contributed by atoms with van der Waals surface area (Å²) in [5.41, 5.74) is 2.42. The summed E-state index contributed by atoms with van der Waals surface area (Å²) in [5, 5.41) is 12.0. The number of ether oxygens (including phenoxy) is 1. The summed E-state index contributed by atoms with van der Waals surface area (Å²) in [6, 6.07) is 12.8. The van der Waals surface area contributed by atoms with Crippen molar-refractivity contribution in [3.8, 4) is 5.75 Å². The minimum Gasteiger partial charge on any atom is -0.507 e. The molecule has 1 atom stereocenters. The molecule has 1 aliphatic heterocycles. The highest BCUT2D eigenvalue weighted by molar-refractivity contribution is 6.46. The Bertz CT molecular complexity index is 1320. The quantitative estimate of drug-likeness (QED) is 0.246. The van der Waals surface area contributed by atoms with Gasteiger partial charge in [-0.25, -0.2) is 0 Å². The lowest BCUT2D eigenvalue weighted by atomic mass is 9.93. The van der Waals surface area contributed by atoms with Crippen molar-refractivity contribution in [2.75, 3.05) is 0 Å². The van der Waals surface area contributed by atoms with E-state index in [9.17, 15) is 14.7 Å². The lowest BCUT2D eigenvalue weighted by molar-refractivity contribution is -0.140. The fourth-order valence-corrected chi connectivity index (χ4v) is 4.46. The summed E-state index contributed by atoms with van der Waals surface area (Å²) >= 11 is 12.4. The molecule has 2 heterocycles. The summed E-state index contributed by atoms with van der Waals surface area (Å²) in [6.45, 7) is 5.77. The van der Waals surface area contributed by atoms with Gasteiger partial charge in [-0.3, -0.25) is 14.6 Å². The van der Waals surface area contributed by atoms with E-state index >= 15 is 0 Å². The number of hydrogen-bond donors (Lipinski definition) is 1. The Labute approximate surface area is 213 Å². The Morgan fingerprint density at radius 1 is 1.11 bits per heavy atom. The Balaban J connectivity index is 1.86. The minimum atomic E-state index is -0.865. The van der Waals surface area contributed by atoms with Gasteiger partial charge < -0.3 is 14.7 Å². The number of likely N-dealkylation sites (tertiary alicyclic amines) is 1. The highest BCUT2D eigenvalue weighted by Crippen LogP contribution is 2.42. The number of Topliss-reactive ketones (excluding diaryl/α,β-unsaturated/α-hetero) is 1. The second kappa shape index (κ2) is 10.1. The Kier molecular flexibility index (Phi) is 7.15. The van der Waals surface area contributed by atoms with Crippen LogP contribution in [-0.4, -0.2) is 32.8 Å². The van der Waals surface area contributed by atoms with Gasteiger partial charge in [0.1, 0.15) is 11.5 Å². The van der Waals surface area contributed by atoms with E-state index in [0.717, 1.165) is 5.56 Å². The molecule has 1 saturated heterocycles. The molecule has 35 heavy (non-hydrogen) atoms. The van der Waals surface area contributed by atoms with E-state index in [-0.39, 0.29) is 29.0 Å². The number of aliphatic hydroxyl groups is 1. The summed E-state index contributed by atoms with van der Waals surface area (Å²) in [4.78, 5) is 32.0. The molecule has 2 aromatic carbocycles. The number of amides is 1. The van der Waals surface area contributed by atoms with Gasteiger partial charge in [-0.1, -0.05) is 35.3 Å². The average molecular weight is 511 g/mol. The highest BCUT2D eigenvalue weighted by atomic mass is 35.5. The van der Waals surface area contributed by atoms with Crippen molar-refractivity contribution >= 4 is 40.7 Å². The number of aromatic nitrogens is 1. The normalized spacial score (nSPS) is 17.3. The molecule has 1 N–H and O–H groups in total. The van der Waals surface area contributed by atoms with Crippen molar-refractivity contribution in [2.24, 2.45) is 0 Å². The fraction of sp³-hybridized carbons (Fsp3) is 0.222. The molecule has 0 aliphatic carbocycles. The van der Waals surface area contributed by atoms with Gasteiger partial charge >= 0.3 is 0 Å². The molecule has 1 fully saturated rings. The van der Waals surface area contributed by atoms with Gasteiger partial charge in [0, 0.05) is 24.5 Å². The van der Waals surface area contributed by atoms with Gasteiger partial charge in [-0.2, -0.15) is 0 Å². The lowest BCUT2D eigenvalue weighted by Crippen LogP contribution is -2.29. The number of nitrogens with zero attached hydrogens (tertiary/aromatic N) is 2. The van der Waals surface area contributed by atoms with Crippen molar-refractivity contribution in [1.29, 1.82) is 0 Å². The molecule has 3 aromatic rings. The third kappa shape index (κ3) is 5.04. The van der Waals surface area contributed by atoms with Crippen LogP contribution in [0.15, 0.2) is 66.5 Å². The number of pyridine rings is 1. The summed E-state index contributed by atoms with van der Waals surface area (Å²) in [7, 11) is 0. The van der Waals surface area contributed by atoms with Crippen molar-refractivity contribution < 1.29 is 19.4 Å². The fourth-order valence-electron chi connectivity index (χ4n) is 4.15. The molecule has 0 spiro atoms. The second-order valence-corrected chi connectivity index (χ2v) is 9.42. The maximum absolute atomic E-state index is 13.3. The number of carbonyl (C=O) groups is 2. The number of ketones is 1. The first kappa shape index (κ1) is 24.8. The van der Waals surface area contributed by atoms with Crippen LogP contribution in [0.3, 0.4) is 0 Å². The molecule has 0 unspecified atom stereocenters. The predicted molar refractivity (Wildman–Crippen MR) is 135 cm³/mol.